The summed E-state index contributed by atoms with van der Waals surface area (Å²) in [4.78, 5) is 12.2. The average Bonchev–Trinajstić information content (AvgIpc) is 2.64. The molecule has 0 spiro atoms. The lowest BCUT2D eigenvalue weighted by molar-refractivity contribution is 0.0472. The van der Waals surface area contributed by atoms with Gasteiger partial charge >= 0.3 is 5.97 Å². The zero-order valence-corrected chi connectivity index (χ0v) is 14.6. The maximum atomic E-state index is 12.2. The van der Waals surface area contributed by atoms with Gasteiger partial charge in [-0.05, 0) is 41.8 Å². The minimum Gasteiger partial charge on any atom is -0.493 e. The molecule has 25 heavy (non-hydrogen) atoms. The average molecular weight is 339 g/mol. The van der Waals surface area contributed by atoms with Crippen molar-refractivity contribution in [3.63, 3.8) is 0 Å². The van der Waals surface area contributed by atoms with Crippen molar-refractivity contribution in [2.24, 2.45) is 5.92 Å². The van der Waals surface area contributed by atoms with Crippen molar-refractivity contribution in [3.05, 3.63) is 59.2 Å². The molecule has 0 aromatic heterocycles. The topological polar surface area (TPSA) is 68.5 Å². The molecule has 2 aromatic carbocycles. The molecule has 2 rings (SSSR count). The fraction of sp³-hybridized carbons (Fsp3) is 0.300. The molecule has 0 heterocycles. The molecule has 0 aliphatic rings. The fourth-order valence-electron chi connectivity index (χ4n) is 2.13. The molecular formula is C20H21NO4. The van der Waals surface area contributed by atoms with E-state index in [2.05, 4.69) is 19.9 Å². The number of benzene rings is 2. The molecule has 5 heteroatoms. The smallest absolute Gasteiger partial charge is 0.338 e. The fourth-order valence-corrected chi connectivity index (χ4v) is 2.13. The lowest BCUT2D eigenvalue weighted by atomic mass is 10.1. The van der Waals surface area contributed by atoms with Crippen LogP contribution in [0.1, 0.15) is 35.3 Å². The Morgan fingerprint density at radius 3 is 2.64 bits per heavy atom. The molecule has 0 aliphatic heterocycles. The minimum absolute atomic E-state index is 0.0995. The first-order valence-electron chi connectivity index (χ1n) is 8.00. The highest BCUT2D eigenvalue weighted by molar-refractivity contribution is 5.90. The summed E-state index contributed by atoms with van der Waals surface area (Å²) >= 11 is 0. The number of nitriles is 1. The van der Waals surface area contributed by atoms with Crippen LogP contribution in [-0.2, 0) is 11.3 Å². The van der Waals surface area contributed by atoms with E-state index in [1.165, 1.54) is 7.11 Å². The van der Waals surface area contributed by atoms with Crippen LogP contribution in [0.2, 0.25) is 0 Å². The van der Waals surface area contributed by atoms with Crippen LogP contribution in [0.15, 0.2) is 42.5 Å². The normalized spacial score (nSPS) is 10.2. The molecule has 0 saturated heterocycles. The van der Waals surface area contributed by atoms with Gasteiger partial charge in [0.2, 0.25) is 0 Å². The van der Waals surface area contributed by atoms with Crippen LogP contribution in [0.3, 0.4) is 0 Å². The van der Waals surface area contributed by atoms with Gasteiger partial charge in [0.15, 0.2) is 11.5 Å². The van der Waals surface area contributed by atoms with E-state index < -0.39 is 5.97 Å². The maximum absolute atomic E-state index is 12.2. The first-order chi connectivity index (χ1) is 12.0. The number of carbonyl (C=O) groups excluding carboxylic acids is 1. The zero-order valence-electron chi connectivity index (χ0n) is 14.6. The second-order valence-corrected chi connectivity index (χ2v) is 5.96. The molecule has 0 N–H and O–H groups in total. The Balaban J connectivity index is 2.04. The predicted molar refractivity (Wildman–Crippen MR) is 93.6 cm³/mol. The third-order valence-electron chi connectivity index (χ3n) is 3.40. The lowest BCUT2D eigenvalue weighted by Crippen LogP contribution is -2.08. The maximum Gasteiger partial charge on any atom is 0.338 e. The Bertz CT molecular complexity index is 778. The minimum atomic E-state index is -0.462. The van der Waals surface area contributed by atoms with E-state index in [4.69, 9.17) is 19.5 Å². The molecule has 0 bridgehead atoms. The number of hydrogen-bond acceptors (Lipinski definition) is 5. The van der Waals surface area contributed by atoms with Gasteiger partial charge in [-0.2, -0.15) is 5.26 Å². The molecule has 130 valence electrons. The Morgan fingerprint density at radius 1 is 1.16 bits per heavy atom. The van der Waals surface area contributed by atoms with E-state index in [9.17, 15) is 4.79 Å². The number of nitrogens with zero attached hydrogens (tertiary/aromatic N) is 1. The standard InChI is InChI=1S/C20H21NO4/c1-14(2)12-24-18-8-7-17(10-19(18)23-3)20(22)25-13-16-6-4-5-15(9-16)11-21/h4-10,14H,12-13H2,1-3H3. The molecule has 0 atom stereocenters. The summed E-state index contributed by atoms with van der Waals surface area (Å²) in [6.45, 7) is 4.77. The Kier molecular flexibility index (Phi) is 6.41. The molecular weight excluding hydrogens is 318 g/mol. The van der Waals surface area contributed by atoms with Crippen molar-refractivity contribution in [1.82, 2.24) is 0 Å². The van der Waals surface area contributed by atoms with Gasteiger partial charge in [-0.15, -0.1) is 0 Å². The second kappa shape index (κ2) is 8.74. The van der Waals surface area contributed by atoms with Crippen molar-refractivity contribution in [2.75, 3.05) is 13.7 Å². The van der Waals surface area contributed by atoms with Crippen molar-refractivity contribution in [3.8, 4) is 17.6 Å². The van der Waals surface area contributed by atoms with Gasteiger partial charge < -0.3 is 14.2 Å². The van der Waals surface area contributed by atoms with Crippen molar-refractivity contribution < 1.29 is 19.0 Å². The number of methoxy groups -OCH3 is 1. The third-order valence-corrected chi connectivity index (χ3v) is 3.40. The monoisotopic (exact) mass is 339 g/mol. The SMILES string of the molecule is COc1cc(C(=O)OCc2cccc(C#N)c2)ccc1OCC(C)C. The predicted octanol–water partition coefficient (Wildman–Crippen LogP) is 3.96. The van der Waals surface area contributed by atoms with E-state index >= 15 is 0 Å². The van der Waals surface area contributed by atoms with Gasteiger partial charge in [-0.25, -0.2) is 4.79 Å². The van der Waals surface area contributed by atoms with Crippen LogP contribution >= 0.6 is 0 Å². The molecule has 2 aromatic rings. The summed E-state index contributed by atoms with van der Waals surface area (Å²) in [5.74, 6) is 1.01. The van der Waals surface area contributed by atoms with Crippen molar-refractivity contribution in [1.29, 1.82) is 5.26 Å². The highest BCUT2D eigenvalue weighted by Gasteiger charge is 2.13. The zero-order chi connectivity index (χ0) is 18.2. The van der Waals surface area contributed by atoms with Gasteiger partial charge in [0.1, 0.15) is 6.61 Å². The summed E-state index contributed by atoms with van der Waals surface area (Å²) in [6.07, 6.45) is 0. The first-order valence-corrected chi connectivity index (χ1v) is 8.00. The van der Waals surface area contributed by atoms with Crippen molar-refractivity contribution in [2.45, 2.75) is 20.5 Å². The van der Waals surface area contributed by atoms with Crippen LogP contribution < -0.4 is 9.47 Å². The molecule has 0 fully saturated rings. The van der Waals surface area contributed by atoms with Gasteiger partial charge in [-0.3, -0.25) is 0 Å². The molecule has 0 saturated carbocycles. The largest absolute Gasteiger partial charge is 0.493 e. The summed E-state index contributed by atoms with van der Waals surface area (Å²) in [7, 11) is 1.53. The molecule has 0 radical (unpaired) electrons. The Labute approximate surface area is 147 Å². The van der Waals surface area contributed by atoms with Gasteiger partial charge in [0, 0.05) is 0 Å². The van der Waals surface area contributed by atoms with E-state index in [0.717, 1.165) is 5.56 Å². The summed E-state index contributed by atoms with van der Waals surface area (Å²) < 4.78 is 16.3. The number of carbonyl (C=O) groups is 1. The number of esters is 1. The second-order valence-electron chi connectivity index (χ2n) is 5.96. The van der Waals surface area contributed by atoms with E-state index in [1.54, 1.807) is 42.5 Å². The quantitative estimate of drug-likeness (QED) is 0.714. The van der Waals surface area contributed by atoms with Gasteiger partial charge in [-0.1, -0.05) is 26.0 Å². The molecule has 0 amide bonds. The summed E-state index contributed by atoms with van der Waals surface area (Å²) in [5.41, 5.74) is 1.67. The molecule has 5 nitrogen and oxygen atoms in total. The molecule has 0 aliphatic carbocycles. The summed E-state index contributed by atoms with van der Waals surface area (Å²) in [6, 6.07) is 14.0. The van der Waals surface area contributed by atoms with Gasteiger partial charge in [0.05, 0.1) is 30.9 Å². The highest BCUT2D eigenvalue weighted by Crippen LogP contribution is 2.29. The highest BCUT2D eigenvalue weighted by atomic mass is 16.5. The first kappa shape index (κ1) is 18.3. The Hall–Kier alpha value is -3.00. The van der Waals surface area contributed by atoms with Crippen LogP contribution in [0.5, 0.6) is 11.5 Å². The van der Waals surface area contributed by atoms with Gasteiger partial charge in [0.25, 0.3) is 0 Å². The van der Waals surface area contributed by atoms with Crippen LogP contribution in [0, 0.1) is 17.2 Å². The summed E-state index contributed by atoms with van der Waals surface area (Å²) in [5, 5.41) is 8.90. The van der Waals surface area contributed by atoms with E-state index in [-0.39, 0.29) is 6.61 Å². The third kappa shape index (κ3) is 5.25. The number of hydrogen-bond donors (Lipinski definition) is 0. The Morgan fingerprint density at radius 2 is 1.96 bits per heavy atom. The van der Waals surface area contributed by atoms with Crippen LogP contribution in [0.4, 0.5) is 0 Å². The lowest BCUT2D eigenvalue weighted by Gasteiger charge is -2.13. The number of ether oxygens (including phenoxy) is 3. The molecule has 0 unspecified atom stereocenters. The van der Waals surface area contributed by atoms with E-state index in [1.807, 2.05) is 0 Å². The van der Waals surface area contributed by atoms with E-state index in [0.29, 0.717) is 35.2 Å². The van der Waals surface area contributed by atoms with Crippen LogP contribution in [-0.4, -0.2) is 19.7 Å². The van der Waals surface area contributed by atoms with Crippen molar-refractivity contribution >= 4 is 5.97 Å². The van der Waals surface area contributed by atoms with Crippen LogP contribution in [0.25, 0.3) is 0 Å². The number of rotatable bonds is 7.